The predicted molar refractivity (Wildman–Crippen MR) is 258 cm³/mol. The van der Waals surface area contributed by atoms with Gasteiger partial charge in [-0.2, -0.15) is 0 Å². The molecule has 0 aromatic heterocycles. The van der Waals surface area contributed by atoms with Crippen LogP contribution in [0.1, 0.15) is 218 Å². The first-order valence-electron chi connectivity index (χ1n) is 24.8. The van der Waals surface area contributed by atoms with Crippen LogP contribution in [0.2, 0.25) is 0 Å². The van der Waals surface area contributed by atoms with Crippen LogP contribution in [-0.4, -0.2) is 25.4 Å². The Morgan fingerprint density at radius 1 is 0.333 bits per heavy atom. The standard InChI is InChI=1S/C55H104O2/c1-17-42(3)19-20-44(5)21-22-45(6)23-24-46(7)25-26-47(8)27-28-48(9)29-30-49(10)31-32-50(11)35-37-54(15)57-41-53(14)36-38-55(16)56-40-52(13)34-33-51(12)39-43(4)18-2/h17-18,44-55H,1-4,19-41H2,5-16H3. The third-order valence-corrected chi connectivity index (χ3v) is 13.7. The van der Waals surface area contributed by atoms with Gasteiger partial charge in [0.1, 0.15) is 0 Å². The van der Waals surface area contributed by atoms with E-state index in [0.717, 1.165) is 79.5 Å². The predicted octanol–water partition coefficient (Wildman–Crippen LogP) is 17.8. The molecule has 0 amide bonds. The van der Waals surface area contributed by atoms with E-state index in [1.165, 1.54) is 121 Å². The monoisotopic (exact) mass is 797 g/mol. The molecule has 0 aliphatic carbocycles. The molecular weight excluding hydrogens is 693 g/mol. The topological polar surface area (TPSA) is 18.5 Å². The van der Waals surface area contributed by atoms with Crippen molar-refractivity contribution in [1.82, 2.24) is 0 Å². The van der Waals surface area contributed by atoms with Crippen molar-refractivity contribution >= 4 is 0 Å². The van der Waals surface area contributed by atoms with Crippen molar-refractivity contribution in [2.24, 2.45) is 59.2 Å². The van der Waals surface area contributed by atoms with Crippen molar-refractivity contribution in [3.63, 3.8) is 0 Å². The smallest absolute Gasteiger partial charge is 0.0547 e. The number of allylic oxidation sites excluding steroid dienone is 4. The molecule has 336 valence electrons. The molecule has 0 saturated carbocycles. The van der Waals surface area contributed by atoms with Gasteiger partial charge >= 0.3 is 0 Å². The minimum absolute atomic E-state index is 0.318. The van der Waals surface area contributed by atoms with Crippen molar-refractivity contribution in [3.8, 4) is 0 Å². The molecule has 2 nitrogen and oxygen atoms in total. The molecule has 0 saturated heterocycles. The summed E-state index contributed by atoms with van der Waals surface area (Å²) in [5, 5.41) is 0. The molecule has 0 rings (SSSR count). The van der Waals surface area contributed by atoms with Crippen molar-refractivity contribution < 1.29 is 9.47 Å². The number of rotatable bonds is 40. The molecule has 0 fully saturated rings. The Bertz CT molecular complexity index is 996. The van der Waals surface area contributed by atoms with Gasteiger partial charge < -0.3 is 9.47 Å². The molecule has 0 N–H and O–H groups in total. The van der Waals surface area contributed by atoms with Crippen molar-refractivity contribution in [2.45, 2.75) is 230 Å². The lowest BCUT2D eigenvalue weighted by Gasteiger charge is -2.22. The SMILES string of the molecule is C=CC(=C)CCC(C)CCC(C)CCC(C)CCC(C)CCC(C)CCC(C)CCC(C)CCC(C)OCC(C)CCC(C)OCC(C)CCC(C)CC(=C)C=C. The molecule has 0 radical (unpaired) electrons. The van der Waals surface area contributed by atoms with Crippen LogP contribution >= 0.6 is 0 Å². The molecule has 12 unspecified atom stereocenters. The minimum atomic E-state index is 0.318. The van der Waals surface area contributed by atoms with Crippen LogP contribution in [0.25, 0.3) is 0 Å². The van der Waals surface area contributed by atoms with Gasteiger partial charge in [0, 0.05) is 13.2 Å². The maximum absolute atomic E-state index is 6.32. The van der Waals surface area contributed by atoms with Crippen molar-refractivity contribution in [2.75, 3.05) is 13.2 Å². The Hall–Kier alpha value is -1.12. The van der Waals surface area contributed by atoms with Crippen LogP contribution in [0.15, 0.2) is 49.6 Å². The molecule has 2 heteroatoms. The largest absolute Gasteiger partial charge is 0.378 e. The second-order valence-corrected chi connectivity index (χ2v) is 21.0. The Kier molecular flexibility index (Phi) is 33.9. The maximum atomic E-state index is 6.32. The lowest BCUT2D eigenvalue weighted by molar-refractivity contribution is 0.0158. The van der Waals surface area contributed by atoms with Gasteiger partial charge in [0.05, 0.1) is 12.2 Å². The zero-order chi connectivity index (χ0) is 43.2. The summed E-state index contributed by atoms with van der Waals surface area (Å²) in [6, 6.07) is 0. The number of hydrogen-bond donors (Lipinski definition) is 0. The maximum Gasteiger partial charge on any atom is 0.0547 e. The van der Waals surface area contributed by atoms with Gasteiger partial charge in [0.2, 0.25) is 0 Å². The van der Waals surface area contributed by atoms with Gasteiger partial charge in [-0.05, 0) is 124 Å². The molecular formula is C55H104O2. The second kappa shape index (κ2) is 34.6. The van der Waals surface area contributed by atoms with E-state index in [4.69, 9.17) is 9.47 Å². The first-order valence-corrected chi connectivity index (χ1v) is 24.8. The lowest BCUT2D eigenvalue weighted by atomic mass is 9.85. The highest BCUT2D eigenvalue weighted by Gasteiger charge is 2.16. The van der Waals surface area contributed by atoms with E-state index in [-0.39, 0.29) is 0 Å². The first kappa shape index (κ1) is 55.9. The van der Waals surface area contributed by atoms with Gasteiger partial charge in [-0.15, -0.1) is 0 Å². The summed E-state index contributed by atoms with van der Waals surface area (Å²) >= 11 is 0. The van der Waals surface area contributed by atoms with E-state index in [0.29, 0.717) is 30.0 Å². The number of hydrogen-bond acceptors (Lipinski definition) is 2. The number of ether oxygens (including phenoxy) is 2. The first-order chi connectivity index (χ1) is 26.9. The summed E-state index contributed by atoms with van der Waals surface area (Å²) < 4.78 is 12.6. The molecule has 57 heavy (non-hydrogen) atoms. The summed E-state index contributed by atoms with van der Waals surface area (Å²) in [5.41, 5.74) is 2.34. The van der Waals surface area contributed by atoms with Crippen LogP contribution in [0.4, 0.5) is 0 Å². The summed E-state index contributed by atoms with van der Waals surface area (Å²) in [5.74, 6) is 7.73. The van der Waals surface area contributed by atoms with E-state index in [1.807, 2.05) is 12.2 Å². The average molecular weight is 797 g/mol. The van der Waals surface area contributed by atoms with Crippen LogP contribution in [0, 0.1) is 59.2 Å². The molecule has 12 atom stereocenters. The van der Waals surface area contributed by atoms with Crippen LogP contribution in [0.3, 0.4) is 0 Å². The molecule has 0 aromatic rings. The summed E-state index contributed by atoms with van der Waals surface area (Å²) in [6.07, 6.45) is 31.8. The third kappa shape index (κ3) is 34.3. The van der Waals surface area contributed by atoms with Crippen molar-refractivity contribution in [3.05, 3.63) is 49.6 Å². The van der Waals surface area contributed by atoms with Gasteiger partial charge in [-0.1, -0.05) is 202 Å². The summed E-state index contributed by atoms with van der Waals surface area (Å²) in [4.78, 5) is 0. The highest BCUT2D eigenvalue weighted by molar-refractivity contribution is 5.11. The molecule has 0 heterocycles. The Labute approximate surface area is 360 Å². The zero-order valence-electron chi connectivity index (χ0n) is 41.0. The quantitative estimate of drug-likeness (QED) is 0.0575. The summed E-state index contributed by atoms with van der Waals surface area (Å²) in [6.45, 7) is 46.4. The highest BCUT2D eigenvalue weighted by Crippen LogP contribution is 2.28. The fourth-order valence-corrected chi connectivity index (χ4v) is 8.19. The van der Waals surface area contributed by atoms with E-state index >= 15 is 0 Å². The van der Waals surface area contributed by atoms with Crippen LogP contribution < -0.4 is 0 Å². The molecule has 0 aliphatic rings. The second-order valence-electron chi connectivity index (χ2n) is 21.0. The fraction of sp³-hybridized carbons (Fsp3) is 0.855. The zero-order valence-corrected chi connectivity index (χ0v) is 41.0. The Morgan fingerprint density at radius 2 is 0.579 bits per heavy atom. The Morgan fingerprint density at radius 3 is 0.895 bits per heavy atom. The molecule has 0 spiro atoms. The molecule has 0 bridgehead atoms. The fourth-order valence-electron chi connectivity index (χ4n) is 8.19. The normalized spacial score (nSPS) is 18.3. The van der Waals surface area contributed by atoms with Gasteiger partial charge in [-0.3, -0.25) is 0 Å². The van der Waals surface area contributed by atoms with Gasteiger partial charge in [0.15, 0.2) is 0 Å². The summed E-state index contributed by atoms with van der Waals surface area (Å²) in [7, 11) is 0. The van der Waals surface area contributed by atoms with E-state index in [2.05, 4.69) is 109 Å². The highest BCUT2D eigenvalue weighted by atomic mass is 16.5. The third-order valence-electron chi connectivity index (χ3n) is 13.7. The minimum Gasteiger partial charge on any atom is -0.378 e. The van der Waals surface area contributed by atoms with Crippen molar-refractivity contribution in [1.29, 1.82) is 0 Å². The van der Waals surface area contributed by atoms with Gasteiger partial charge in [-0.25, -0.2) is 0 Å². The molecule has 0 aromatic carbocycles. The van der Waals surface area contributed by atoms with Crippen LogP contribution in [0.5, 0.6) is 0 Å². The Balaban J connectivity index is 3.98. The van der Waals surface area contributed by atoms with Gasteiger partial charge in [0.25, 0.3) is 0 Å². The lowest BCUT2D eigenvalue weighted by Crippen LogP contribution is -2.18. The van der Waals surface area contributed by atoms with E-state index in [1.54, 1.807) is 0 Å². The molecule has 0 aliphatic heterocycles. The van der Waals surface area contributed by atoms with E-state index < -0.39 is 0 Å². The van der Waals surface area contributed by atoms with E-state index in [9.17, 15) is 0 Å². The van der Waals surface area contributed by atoms with Crippen LogP contribution in [-0.2, 0) is 9.47 Å². The average Bonchev–Trinajstić information content (AvgIpc) is 3.19.